The van der Waals surface area contributed by atoms with Crippen molar-refractivity contribution in [2.24, 2.45) is 0 Å². The molecule has 0 radical (unpaired) electrons. The highest BCUT2D eigenvalue weighted by molar-refractivity contribution is 7.98. The van der Waals surface area contributed by atoms with E-state index < -0.39 is 33.8 Å². The van der Waals surface area contributed by atoms with E-state index in [2.05, 4.69) is 10.0 Å². The molecule has 0 aliphatic rings. The molecule has 15 heteroatoms. The van der Waals surface area contributed by atoms with Gasteiger partial charge in [0.05, 0.1) is 24.8 Å². The Labute approximate surface area is 262 Å². The zero-order chi connectivity index (χ0) is 32.0. The van der Waals surface area contributed by atoms with Crippen molar-refractivity contribution >= 4 is 55.2 Å². The van der Waals surface area contributed by atoms with Crippen LogP contribution in [0.5, 0.6) is 5.75 Å². The molecule has 2 heterocycles. The molecule has 2 N–H and O–H groups in total. The standard InChI is InChI=1S/C29H32N4O8S3/c1-5-40-24(35)16-32-27(36)25-21(14-31-44(4,38)39)26(18-10-12-20(13-11-18)41-17-23(34)30-2)43-28(25)33(29(32)37)15-19-8-6-7-9-22(19)42-3/h6-13,31H,5,14-17H2,1-4H3,(H,30,34). The van der Waals surface area contributed by atoms with E-state index in [0.717, 1.165) is 21.3 Å². The minimum Gasteiger partial charge on any atom is -0.484 e. The molecule has 234 valence electrons. The monoisotopic (exact) mass is 660 g/mol. The molecule has 4 rings (SSSR count). The molecule has 0 unspecified atom stereocenters. The molecule has 0 atom stereocenters. The number of amides is 1. The lowest BCUT2D eigenvalue weighted by Gasteiger charge is -2.14. The maximum atomic E-state index is 13.9. The number of sulfonamides is 1. The molecule has 1 amide bonds. The number of thioether (sulfide) groups is 1. The van der Waals surface area contributed by atoms with Crippen LogP contribution in [0.15, 0.2) is 63.0 Å². The number of carbonyl (C=O) groups is 2. The van der Waals surface area contributed by atoms with Gasteiger partial charge in [0.25, 0.3) is 11.5 Å². The van der Waals surface area contributed by atoms with Gasteiger partial charge in [0, 0.05) is 28.9 Å². The highest BCUT2D eigenvalue weighted by Crippen LogP contribution is 2.38. The van der Waals surface area contributed by atoms with Gasteiger partial charge in [-0.15, -0.1) is 23.1 Å². The fourth-order valence-corrected chi connectivity index (χ4v) is 6.79. The smallest absolute Gasteiger partial charge is 0.332 e. The van der Waals surface area contributed by atoms with Crippen LogP contribution in [0.1, 0.15) is 18.1 Å². The summed E-state index contributed by atoms with van der Waals surface area (Å²) in [5.74, 6) is -0.620. The number of hydrogen-bond acceptors (Lipinski definition) is 10. The second kappa shape index (κ2) is 14.2. The SMILES string of the molecule is CCOC(=O)Cn1c(=O)c2c(CNS(C)(=O)=O)c(-c3ccc(OCC(=O)NC)cc3)sc2n(Cc2ccccc2SC)c1=O. The van der Waals surface area contributed by atoms with E-state index in [-0.39, 0.29) is 37.6 Å². The molecule has 4 aromatic rings. The van der Waals surface area contributed by atoms with Crippen molar-refractivity contribution < 1.29 is 27.5 Å². The molecule has 2 aromatic heterocycles. The Kier molecular flexibility index (Phi) is 10.7. The summed E-state index contributed by atoms with van der Waals surface area (Å²) in [6.45, 7) is 0.772. The number of esters is 1. The number of likely N-dealkylation sites (N-methyl/N-ethyl adjacent to an activating group) is 1. The quantitative estimate of drug-likeness (QED) is 0.163. The number of carbonyl (C=O) groups excluding carboxylic acids is 2. The minimum absolute atomic E-state index is 0.0695. The lowest BCUT2D eigenvalue weighted by atomic mass is 10.1. The van der Waals surface area contributed by atoms with Crippen LogP contribution in [-0.4, -0.2) is 62.2 Å². The van der Waals surface area contributed by atoms with Crippen molar-refractivity contribution in [2.45, 2.75) is 31.5 Å². The van der Waals surface area contributed by atoms with Gasteiger partial charge in [0.2, 0.25) is 10.0 Å². The van der Waals surface area contributed by atoms with Crippen LogP contribution in [0.3, 0.4) is 0 Å². The third-order valence-electron chi connectivity index (χ3n) is 6.54. The Morgan fingerprint density at radius 2 is 1.75 bits per heavy atom. The zero-order valence-electron chi connectivity index (χ0n) is 24.5. The molecule has 0 bridgehead atoms. The first-order valence-corrected chi connectivity index (χ1v) is 17.4. The molecule has 0 spiro atoms. The molecular formula is C29H32N4O8S3. The van der Waals surface area contributed by atoms with Gasteiger partial charge in [-0.05, 0) is 54.6 Å². The van der Waals surface area contributed by atoms with Crippen molar-refractivity contribution in [3.8, 4) is 16.2 Å². The van der Waals surface area contributed by atoms with Gasteiger partial charge >= 0.3 is 11.7 Å². The van der Waals surface area contributed by atoms with Gasteiger partial charge in [0.1, 0.15) is 17.1 Å². The summed E-state index contributed by atoms with van der Waals surface area (Å²) < 4.78 is 39.6. The Balaban J connectivity index is 1.98. The average molecular weight is 661 g/mol. The van der Waals surface area contributed by atoms with Crippen molar-refractivity contribution in [1.29, 1.82) is 0 Å². The summed E-state index contributed by atoms with van der Waals surface area (Å²) in [5, 5.41) is 2.59. The van der Waals surface area contributed by atoms with Crippen molar-refractivity contribution in [3.05, 3.63) is 80.5 Å². The first-order valence-electron chi connectivity index (χ1n) is 13.4. The number of rotatable bonds is 13. The number of thiophene rings is 1. The van der Waals surface area contributed by atoms with E-state index in [0.29, 0.717) is 26.6 Å². The van der Waals surface area contributed by atoms with Gasteiger partial charge in [0.15, 0.2) is 6.61 Å². The number of ether oxygens (including phenoxy) is 2. The van der Waals surface area contributed by atoms with E-state index in [4.69, 9.17) is 9.47 Å². The van der Waals surface area contributed by atoms with Crippen molar-refractivity contribution in [1.82, 2.24) is 19.2 Å². The normalized spacial score (nSPS) is 11.5. The highest BCUT2D eigenvalue weighted by atomic mass is 32.2. The molecule has 0 saturated carbocycles. The highest BCUT2D eigenvalue weighted by Gasteiger charge is 2.25. The summed E-state index contributed by atoms with van der Waals surface area (Å²) in [7, 11) is -2.17. The maximum absolute atomic E-state index is 13.9. The number of benzene rings is 2. The third-order valence-corrected chi connectivity index (χ3v) is 9.36. The van der Waals surface area contributed by atoms with E-state index in [1.54, 1.807) is 31.2 Å². The average Bonchev–Trinajstić information content (AvgIpc) is 3.39. The predicted octanol–water partition coefficient (Wildman–Crippen LogP) is 2.40. The second-order valence-corrected chi connectivity index (χ2v) is 13.2. The van der Waals surface area contributed by atoms with E-state index in [1.807, 2.05) is 30.5 Å². The first-order chi connectivity index (χ1) is 21.0. The molecular weight excluding hydrogens is 629 g/mol. The van der Waals surface area contributed by atoms with E-state index >= 15 is 0 Å². The third kappa shape index (κ3) is 7.59. The topological polar surface area (TPSA) is 155 Å². The fourth-order valence-electron chi connectivity index (χ4n) is 4.46. The molecule has 0 fully saturated rings. The summed E-state index contributed by atoms with van der Waals surface area (Å²) in [5.41, 5.74) is 0.381. The van der Waals surface area contributed by atoms with Crippen LogP contribution < -0.4 is 26.0 Å². The number of hydrogen-bond donors (Lipinski definition) is 2. The van der Waals surface area contributed by atoms with Gasteiger partial charge in [-0.25, -0.2) is 22.5 Å². The van der Waals surface area contributed by atoms with Crippen LogP contribution in [0.4, 0.5) is 0 Å². The molecule has 2 aromatic carbocycles. The second-order valence-electron chi connectivity index (χ2n) is 9.55. The zero-order valence-corrected chi connectivity index (χ0v) is 27.0. The van der Waals surface area contributed by atoms with Crippen LogP contribution >= 0.6 is 23.1 Å². The van der Waals surface area contributed by atoms with Gasteiger partial charge in [-0.3, -0.25) is 19.0 Å². The molecule has 44 heavy (non-hydrogen) atoms. The summed E-state index contributed by atoms with van der Waals surface area (Å²) in [4.78, 5) is 53.7. The Bertz CT molecular complexity index is 1910. The molecule has 0 aliphatic carbocycles. The summed E-state index contributed by atoms with van der Waals surface area (Å²) in [6.07, 6.45) is 2.92. The summed E-state index contributed by atoms with van der Waals surface area (Å²) in [6, 6.07) is 14.3. The Morgan fingerprint density at radius 3 is 2.39 bits per heavy atom. The predicted molar refractivity (Wildman–Crippen MR) is 171 cm³/mol. The lowest BCUT2D eigenvalue weighted by Crippen LogP contribution is -2.42. The van der Waals surface area contributed by atoms with Crippen molar-refractivity contribution in [2.75, 3.05) is 32.8 Å². The van der Waals surface area contributed by atoms with Crippen LogP contribution in [-0.2, 0) is 44.0 Å². The number of nitrogens with one attached hydrogen (secondary N) is 2. The summed E-state index contributed by atoms with van der Waals surface area (Å²) >= 11 is 2.67. The minimum atomic E-state index is -3.68. The van der Waals surface area contributed by atoms with Gasteiger partial charge < -0.3 is 14.8 Å². The Hall–Kier alpha value is -3.92. The fraction of sp³-hybridized carbons (Fsp3) is 0.310. The maximum Gasteiger partial charge on any atom is 0.332 e. The van der Waals surface area contributed by atoms with Crippen LogP contribution in [0.25, 0.3) is 20.7 Å². The van der Waals surface area contributed by atoms with E-state index in [1.165, 1.54) is 34.7 Å². The molecule has 0 aliphatic heterocycles. The first kappa shape index (κ1) is 33.0. The van der Waals surface area contributed by atoms with Crippen molar-refractivity contribution in [3.63, 3.8) is 0 Å². The van der Waals surface area contributed by atoms with Crippen LogP contribution in [0, 0.1) is 0 Å². The van der Waals surface area contributed by atoms with Crippen LogP contribution in [0.2, 0.25) is 0 Å². The van der Waals surface area contributed by atoms with Gasteiger partial charge in [-0.1, -0.05) is 18.2 Å². The number of fused-ring (bicyclic) bond motifs is 1. The number of nitrogens with zero attached hydrogens (tertiary/aromatic N) is 2. The number of aromatic nitrogens is 2. The molecule has 0 saturated heterocycles. The Morgan fingerprint density at radius 1 is 1.05 bits per heavy atom. The van der Waals surface area contributed by atoms with E-state index in [9.17, 15) is 27.6 Å². The van der Waals surface area contributed by atoms with Gasteiger partial charge in [-0.2, -0.15) is 0 Å². The largest absolute Gasteiger partial charge is 0.484 e. The molecule has 12 nitrogen and oxygen atoms in total. The lowest BCUT2D eigenvalue weighted by molar-refractivity contribution is -0.144.